The van der Waals surface area contributed by atoms with Gasteiger partial charge in [0, 0.05) is 0 Å². The van der Waals surface area contributed by atoms with Crippen LogP contribution in [0.5, 0.6) is 0 Å². The van der Waals surface area contributed by atoms with E-state index in [1.807, 2.05) is 7.05 Å². The van der Waals surface area contributed by atoms with Crippen LogP contribution < -0.4 is 5.32 Å². The van der Waals surface area contributed by atoms with Gasteiger partial charge in [-0.2, -0.15) is 0 Å². The molecule has 0 fully saturated rings. The third-order valence-corrected chi connectivity index (χ3v) is 4.06. The molecule has 0 aliphatic carbocycles. The first-order valence-corrected chi connectivity index (χ1v) is 7.27. The van der Waals surface area contributed by atoms with Crippen molar-refractivity contribution in [3.8, 4) is 0 Å². The smallest absolute Gasteiger partial charge is 0.0725 e. The van der Waals surface area contributed by atoms with Crippen LogP contribution in [-0.4, -0.2) is 7.05 Å². The Labute approximate surface area is 120 Å². The highest BCUT2D eigenvalue weighted by Gasteiger charge is 2.16. The molecule has 1 atom stereocenters. The third kappa shape index (κ3) is 2.49. The molecule has 1 unspecified atom stereocenters. The summed E-state index contributed by atoms with van der Waals surface area (Å²) in [5.74, 6) is 0. The van der Waals surface area contributed by atoms with E-state index in [4.69, 9.17) is 4.74 Å². The van der Waals surface area contributed by atoms with Crippen LogP contribution in [0.4, 0.5) is 0 Å². The molecule has 0 spiro atoms. The van der Waals surface area contributed by atoms with Crippen molar-refractivity contribution in [2.75, 3.05) is 7.05 Å². The molecule has 2 nitrogen and oxygen atoms in total. The van der Waals surface area contributed by atoms with Gasteiger partial charge < -0.3 is 10.1 Å². The highest BCUT2D eigenvalue weighted by atomic mass is 16.5. The molecular weight excluding hydrogens is 246 g/mol. The zero-order valence-corrected chi connectivity index (χ0v) is 12.1. The van der Waals surface area contributed by atoms with Crippen molar-refractivity contribution >= 4 is 0 Å². The minimum Gasteiger partial charge on any atom is -0.372 e. The van der Waals surface area contributed by atoms with Gasteiger partial charge in [-0.25, -0.2) is 0 Å². The normalized spacial score (nSPS) is 15.1. The van der Waals surface area contributed by atoms with Gasteiger partial charge >= 0.3 is 0 Å². The topological polar surface area (TPSA) is 21.3 Å². The van der Waals surface area contributed by atoms with Crippen molar-refractivity contribution < 1.29 is 4.74 Å². The Morgan fingerprint density at radius 1 is 1.05 bits per heavy atom. The molecule has 3 rings (SSSR count). The Bertz CT molecular complexity index is 606. The predicted molar refractivity (Wildman–Crippen MR) is 81.7 cm³/mol. The van der Waals surface area contributed by atoms with Gasteiger partial charge in [-0.15, -0.1) is 0 Å². The summed E-state index contributed by atoms with van der Waals surface area (Å²) in [6.45, 7) is 3.69. The van der Waals surface area contributed by atoms with Crippen LogP contribution in [0.3, 0.4) is 0 Å². The van der Waals surface area contributed by atoms with Gasteiger partial charge in [0.05, 0.1) is 19.3 Å². The van der Waals surface area contributed by atoms with E-state index < -0.39 is 0 Å². The Kier molecular flexibility index (Phi) is 3.86. The first-order valence-electron chi connectivity index (χ1n) is 7.27. The second kappa shape index (κ2) is 5.78. The summed E-state index contributed by atoms with van der Waals surface area (Å²) in [6, 6.07) is 15.8. The quantitative estimate of drug-likeness (QED) is 0.914. The van der Waals surface area contributed by atoms with Crippen LogP contribution in [0.1, 0.15) is 40.8 Å². The predicted octanol–water partition coefficient (Wildman–Crippen LogP) is 3.59. The molecule has 104 valence electrons. The summed E-state index contributed by atoms with van der Waals surface area (Å²) in [7, 11) is 2.02. The number of benzene rings is 2. The maximum Gasteiger partial charge on any atom is 0.0725 e. The lowest BCUT2D eigenvalue weighted by atomic mass is 9.94. The molecule has 2 aromatic rings. The van der Waals surface area contributed by atoms with E-state index in [1.165, 1.54) is 27.8 Å². The van der Waals surface area contributed by atoms with Crippen LogP contribution in [0.15, 0.2) is 42.5 Å². The number of aryl methyl sites for hydroxylation is 1. The zero-order chi connectivity index (χ0) is 13.9. The van der Waals surface area contributed by atoms with Gasteiger partial charge in [-0.1, -0.05) is 49.4 Å². The monoisotopic (exact) mass is 267 g/mol. The lowest BCUT2D eigenvalue weighted by Gasteiger charge is -2.19. The van der Waals surface area contributed by atoms with E-state index in [2.05, 4.69) is 54.7 Å². The molecule has 0 amide bonds. The highest BCUT2D eigenvalue weighted by molar-refractivity contribution is 5.39. The number of nitrogens with one attached hydrogen (secondary N) is 1. The van der Waals surface area contributed by atoms with Gasteiger partial charge in [0.15, 0.2) is 0 Å². The second-order valence-electron chi connectivity index (χ2n) is 5.34. The molecule has 1 heterocycles. The molecule has 0 aromatic heterocycles. The van der Waals surface area contributed by atoms with Gasteiger partial charge in [-0.05, 0) is 41.3 Å². The SMILES string of the molecule is CCc1cccc(C(NC)c2ccc3c(c2)COC3)c1. The van der Waals surface area contributed by atoms with E-state index in [0.29, 0.717) is 0 Å². The van der Waals surface area contributed by atoms with Crippen LogP contribution in [0, 0.1) is 0 Å². The van der Waals surface area contributed by atoms with Gasteiger partial charge in [0.2, 0.25) is 0 Å². The van der Waals surface area contributed by atoms with E-state index >= 15 is 0 Å². The number of hydrogen-bond donors (Lipinski definition) is 1. The van der Waals surface area contributed by atoms with Crippen molar-refractivity contribution in [1.29, 1.82) is 0 Å². The largest absolute Gasteiger partial charge is 0.372 e. The molecule has 2 aromatic carbocycles. The van der Waals surface area contributed by atoms with Gasteiger partial charge in [0.1, 0.15) is 0 Å². The molecule has 0 saturated carbocycles. The van der Waals surface area contributed by atoms with Crippen molar-refractivity contribution in [2.24, 2.45) is 0 Å². The van der Waals surface area contributed by atoms with Crippen molar-refractivity contribution in [3.05, 3.63) is 70.3 Å². The molecular formula is C18H21NO. The number of hydrogen-bond acceptors (Lipinski definition) is 2. The summed E-state index contributed by atoms with van der Waals surface area (Å²) in [5, 5.41) is 3.44. The zero-order valence-electron chi connectivity index (χ0n) is 12.1. The maximum absolute atomic E-state index is 5.51. The van der Waals surface area contributed by atoms with Crippen molar-refractivity contribution in [3.63, 3.8) is 0 Å². The first kappa shape index (κ1) is 13.3. The highest BCUT2D eigenvalue weighted by Crippen LogP contribution is 2.27. The fraction of sp³-hybridized carbons (Fsp3) is 0.333. The summed E-state index contributed by atoms with van der Waals surface area (Å²) in [5.41, 5.74) is 6.67. The second-order valence-corrected chi connectivity index (χ2v) is 5.34. The summed E-state index contributed by atoms with van der Waals surface area (Å²) in [4.78, 5) is 0. The lowest BCUT2D eigenvalue weighted by Crippen LogP contribution is -2.18. The third-order valence-electron chi connectivity index (χ3n) is 4.06. The van der Waals surface area contributed by atoms with E-state index in [1.54, 1.807) is 0 Å². The number of fused-ring (bicyclic) bond motifs is 1. The molecule has 1 aliphatic heterocycles. The maximum atomic E-state index is 5.51. The Morgan fingerprint density at radius 3 is 2.65 bits per heavy atom. The fourth-order valence-electron chi connectivity index (χ4n) is 2.89. The van der Waals surface area contributed by atoms with Gasteiger partial charge in [0.25, 0.3) is 0 Å². The van der Waals surface area contributed by atoms with Crippen molar-refractivity contribution in [2.45, 2.75) is 32.6 Å². The van der Waals surface area contributed by atoms with Crippen LogP contribution in [0.2, 0.25) is 0 Å². The fourth-order valence-corrected chi connectivity index (χ4v) is 2.89. The Balaban J connectivity index is 1.96. The molecule has 0 bridgehead atoms. The molecule has 20 heavy (non-hydrogen) atoms. The minimum atomic E-state index is 0.243. The summed E-state index contributed by atoms with van der Waals surface area (Å²) < 4.78 is 5.51. The number of ether oxygens (including phenoxy) is 1. The molecule has 0 saturated heterocycles. The van der Waals surface area contributed by atoms with Crippen LogP contribution in [-0.2, 0) is 24.4 Å². The summed E-state index contributed by atoms with van der Waals surface area (Å²) in [6.07, 6.45) is 1.07. The average Bonchev–Trinajstić information content (AvgIpc) is 2.96. The molecule has 0 radical (unpaired) electrons. The van der Waals surface area contributed by atoms with E-state index in [0.717, 1.165) is 19.6 Å². The van der Waals surface area contributed by atoms with Gasteiger partial charge in [-0.3, -0.25) is 0 Å². The number of rotatable bonds is 4. The molecule has 1 aliphatic rings. The minimum absolute atomic E-state index is 0.243. The molecule has 2 heteroatoms. The Hall–Kier alpha value is -1.64. The van der Waals surface area contributed by atoms with Crippen LogP contribution in [0.25, 0.3) is 0 Å². The van der Waals surface area contributed by atoms with Crippen molar-refractivity contribution in [1.82, 2.24) is 5.32 Å². The average molecular weight is 267 g/mol. The molecule has 1 N–H and O–H groups in total. The van der Waals surface area contributed by atoms with E-state index in [9.17, 15) is 0 Å². The standard InChI is InChI=1S/C18H21NO/c1-3-13-5-4-6-14(9-13)18(19-2)15-7-8-16-11-20-12-17(16)10-15/h4-10,18-19H,3,11-12H2,1-2H3. The first-order chi connectivity index (χ1) is 9.81. The van der Waals surface area contributed by atoms with Crippen LogP contribution >= 0.6 is 0 Å². The van der Waals surface area contributed by atoms with E-state index in [-0.39, 0.29) is 6.04 Å². The lowest BCUT2D eigenvalue weighted by molar-refractivity contribution is 0.134. The summed E-state index contributed by atoms with van der Waals surface area (Å²) >= 11 is 0. The Morgan fingerprint density at radius 2 is 1.85 bits per heavy atom.